The van der Waals surface area contributed by atoms with E-state index in [1.165, 1.54) is 0 Å². The van der Waals surface area contributed by atoms with Gasteiger partial charge in [0.2, 0.25) is 0 Å². The van der Waals surface area contributed by atoms with Gasteiger partial charge in [-0.15, -0.1) is 0 Å². The summed E-state index contributed by atoms with van der Waals surface area (Å²) in [6, 6.07) is 26.2. The first kappa shape index (κ1) is 17.8. The molecular formula is C27H19N3O. The molecule has 4 nitrogen and oxygen atoms in total. The first-order valence-electron chi connectivity index (χ1n) is 10.4. The van der Waals surface area contributed by atoms with Gasteiger partial charge in [-0.3, -0.25) is 0 Å². The molecule has 0 radical (unpaired) electrons. The van der Waals surface area contributed by atoms with Gasteiger partial charge in [0.25, 0.3) is 0 Å². The van der Waals surface area contributed by atoms with Crippen molar-refractivity contribution in [1.29, 1.82) is 0 Å². The van der Waals surface area contributed by atoms with Crippen LogP contribution in [0.4, 0.5) is 0 Å². The molecule has 0 aliphatic heterocycles. The predicted molar refractivity (Wildman–Crippen MR) is 123 cm³/mol. The Labute approximate surface area is 180 Å². The summed E-state index contributed by atoms with van der Waals surface area (Å²) in [4.78, 5) is 14.6. The monoisotopic (exact) mass is 401 g/mol. The summed E-state index contributed by atoms with van der Waals surface area (Å²) in [5.41, 5.74) is 4.90. The largest absolute Gasteiger partial charge is 0.460 e. The van der Waals surface area contributed by atoms with Crippen LogP contribution in [0.25, 0.3) is 51.2 Å². The lowest BCUT2D eigenvalue weighted by Gasteiger charge is -2.09. The highest BCUT2D eigenvalue weighted by Gasteiger charge is 2.20. The number of aromatic nitrogens is 3. The van der Waals surface area contributed by atoms with Crippen LogP contribution in [0.2, 0.25) is 0 Å². The fraction of sp³-hybridized carbons (Fsp3) is 0.0741. The maximum atomic E-state index is 6.16. The van der Waals surface area contributed by atoms with E-state index in [-0.39, 0.29) is 0 Å². The molecule has 31 heavy (non-hydrogen) atoms. The Bertz CT molecular complexity index is 1360. The van der Waals surface area contributed by atoms with E-state index >= 15 is 0 Å². The third-order valence-corrected chi connectivity index (χ3v) is 5.59. The number of allylic oxidation sites excluding steroid dienone is 1. The minimum absolute atomic E-state index is 0.654. The van der Waals surface area contributed by atoms with Crippen LogP contribution in [0, 0.1) is 0 Å². The van der Waals surface area contributed by atoms with Gasteiger partial charge in [-0.25, -0.2) is 15.0 Å². The molecule has 0 atom stereocenters. The Kier molecular flexibility index (Phi) is 4.20. The fourth-order valence-electron chi connectivity index (χ4n) is 4.11. The lowest BCUT2D eigenvalue weighted by Crippen LogP contribution is -2.00. The molecule has 0 unspecified atom stereocenters. The second-order valence-corrected chi connectivity index (χ2v) is 7.60. The molecule has 0 spiro atoms. The molecule has 0 N–H and O–H groups in total. The highest BCUT2D eigenvalue weighted by atomic mass is 16.3. The summed E-state index contributed by atoms with van der Waals surface area (Å²) in [6.45, 7) is 0. The van der Waals surface area contributed by atoms with Gasteiger partial charge in [-0.05, 0) is 12.5 Å². The third kappa shape index (κ3) is 3.13. The van der Waals surface area contributed by atoms with E-state index in [9.17, 15) is 0 Å². The lowest BCUT2D eigenvalue weighted by molar-refractivity contribution is 0.546. The number of aryl methyl sites for hydroxylation is 1. The Balaban J connectivity index is 1.63. The number of nitrogens with zero attached hydrogens (tertiary/aromatic N) is 3. The molecule has 1 aliphatic carbocycles. The van der Waals surface area contributed by atoms with Crippen molar-refractivity contribution in [2.75, 3.05) is 0 Å². The van der Waals surface area contributed by atoms with E-state index in [1.54, 1.807) is 0 Å². The Hall–Kier alpha value is -4.05. The van der Waals surface area contributed by atoms with Gasteiger partial charge in [0.05, 0.1) is 0 Å². The van der Waals surface area contributed by atoms with Gasteiger partial charge in [0, 0.05) is 34.1 Å². The van der Waals surface area contributed by atoms with Crippen molar-refractivity contribution in [3.05, 3.63) is 96.3 Å². The summed E-state index contributed by atoms with van der Waals surface area (Å²) >= 11 is 0. The van der Waals surface area contributed by atoms with E-state index in [0.29, 0.717) is 17.5 Å². The van der Waals surface area contributed by atoms with Crippen LogP contribution in [0.15, 0.2) is 89.4 Å². The molecular weight excluding hydrogens is 382 g/mol. The van der Waals surface area contributed by atoms with Crippen molar-refractivity contribution < 1.29 is 4.42 Å². The first-order valence-corrected chi connectivity index (χ1v) is 10.4. The summed E-state index contributed by atoms with van der Waals surface area (Å²) in [7, 11) is 0. The second-order valence-electron chi connectivity index (χ2n) is 7.60. The minimum atomic E-state index is 0.654. The quantitative estimate of drug-likeness (QED) is 0.343. The maximum absolute atomic E-state index is 6.16. The van der Waals surface area contributed by atoms with Crippen LogP contribution < -0.4 is 0 Å². The smallest absolute Gasteiger partial charge is 0.164 e. The summed E-state index contributed by atoms with van der Waals surface area (Å²) < 4.78 is 6.16. The zero-order chi connectivity index (χ0) is 20.6. The molecule has 6 rings (SSSR count). The Morgan fingerprint density at radius 3 is 1.97 bits per heavy atom. The number of fused-ring (bicyclic) bond motifs is 3. The molecule has 0 saturated carbocycles. The molecule has 148 valence electrons. The third-order valence-electron chi connectivity index (χ3n) is 5.59. The highest BCUT2D eigenvalue weighted by Crippen LogP contribution is 2.37. The summed E-state index contributed by atoms with van der Waals surface area (Å²) in [5, 5.41) is 1.07. The van der Waals surface area contributed by atoms with Gasteiger partial charge in [0.1, 0.15) is 11.3 Å². The van der Waals surface area contributed by atoms with Crippen molar-refractivity contribution in [3.8, 4) is 34.2 Å². The van der Waals surface area contributed by atoms with Crippen molar-refractivity contribution in [2.24, 2.45) is 0 Å². The fourth-order valence-corrected chi connectivity index (χ4v) is 4.11. The zero-order valence-electron chi connectivity index (χ0n) is 16.8. The molecule has 0 bridgehead atoms. The second kappa shape index (κ2) is 7.33. The van der Waals surface area contributed by atoms with Crippen LogP contribution in [-0.2, 0) is 6.42 Å². The van der Waals surface area contributed by atoms with Gasteiger partial charge >= 0.3 is 0 Å². The van der Waals surface area contributed by atoms with Crippen molar-refractivity contribution >= 4 is 17.0 Å². The van der Waals surface area contributed by atoms with Crippen LogP contribution in [0.3, 0.4) is 0 Å². The molecule has 2 aromatic heterocycles. The van der Waals surface area contributed by atoms with E-state index in [4.69, 9.17) is 19.4 Å². The van der Waals surface area contributed by atoms with Crippen LogP contribution in [0.5, 0.6) is 0 Å². The number of rotatable bonds is 3. The molecule has 0 saturated heterocycles. The minimum Gasteiger partial charge on any atom is -0.460 e. The topological polar surface area (TPSA) is 51.8 Å². The SMILES string of the molecule is C1=Cc2c(oc3cccc(-c4nc(-c5ccccc5)nc(-c5ccccc5)n4)c23)CC1. The molecule has 4 heteroatoms. The average molecular weight is 401 g/mol. The molecule has 2 heterocycles. The van der Waals surface area contributed by atoms with Gasteiger partial charge in [-0.1, -0.05) is 84.9 Å². The summed E-state index contributed by atoms with van der Waals surface area (Å²) in [5.74, 6) is 3.01. The highest BCUT2D eigenvalue weighted by molar-refractivity contribution is 6.00. The Morgan fingerprint density at radius 2 is 1.29 bits per heavy atom. The predicted octanol–water partition coefficient (Wildman–Crippen LogP) is 6.58. The van der Waals surface area contributed by atoms with E-state index in [1.807, 2.05) is 72.8 Å². The van der Waals surface area contributed by atoms with Crippen molar-refractivity contribution in [2.45, 2.75) is 12.8 Å². The first-order chi connectivity index (χ1) is 15.4. The van der Waals surface area contributed by atoms with Crippen molar-refractivity contribution in [1.82, 2.24) is 15.0 Å². The average Bonchev–Trinajstić information content (AvgIpc) is 3.24. The molecule has 5 aromatic rings. The van der Waals surface area contributed by atoms with Crippen molar-refractivity contribution in [3.63, 3.8) is 0 Å². The van der Waals surface area contributed by atoms with Gasteiger partial charge < -0.3 is 4.42 Å². The van der Waals surface area contributed by atoms with Crippen LogP contribution in [0.1, 0.15) is 17.7 Å². The van der Waals surface area contributed by atoms with E-state index < -0.39 is 0 Å². The Morgan fingerprint density at radius 1 is 0.645 bits per heavy atom. The maximum Gasteiger partial charge on any atom is 0.164 e. The lowest BCUT2D eigenvalue weighted by atomic mass is 9.99. The summed E-state index contributed by atoms with van der Waals surface area (Å²) in [6.07, 6.45) is 6.28. The number of furan rings is 1. The van der Waals surface area contributed by atoms with Crippen LogP contribution in [-0.4, -0.2) is 15.0 Å². The van der Waals surface area contributed by atoms with Gasteiger partial charge in [0.15, 0.2) is 17.5 Å². The molecule has 0 fully saturated rings. The standard InChI is InChI=1S/C27H19N3O/c1-3-10-18(11-4-1)25-28-26(19-12-5-2-6-13-19)30-27(29-25)21-15-9-17-23-24(21)20-14-7-8-16-22(20)31-23/h1-7,9-15,17H,8,16H2. The van der Waals surface area contributed by atoms with E-state index in [2.05, 4.69) is 18.2 Å². The zero-order valence-corrected chi connectivity index (χ0v) is 16.8. The molecule has 1 aliphatic rings. The molecule has 0 amide bonds. The van der Waals surface area contributed by atoms with Crippen LogP contribution >= 0.6 is 0 Å². The number of hydrogen-bond acceptors (Lipinski definition) is 4. The normalized spacial score (nSPS) is 12.8. The molecule has 3 aromatic carbocycles. The number of benzene rings is 3. The van der Waals surface area contributed by atoms with Gasteiger partial charge in [-0.2, -0.15) is 0 Å². The van der Waals surface area contributed by atoms with E-state index in [0.717, 1.165) is 51.8 Å². The number of hydrogen-bond donors (Lipinski definition) is 0.